The molecular weight excluding hydrogens is 575 g/mol. The van der Waals surface area contributed by atoms with E-state index in [-0.39, 0.29) is 40.7 Å². The molecule has 3 aliphatic heterocycles. The lowest BCUT2D eigenvalue weighted by molar-refractivity contribution is -0.137. The first-order valence-corrected chi connectivity index (χ1v) is 14.5. The molecule has 0 radical (unpaired) electrons. The number of nitrogens with zero attached hydrogens (tertiary/aromatic N) is 5. The van der Waals surface area contributed by atoms with Gasteiger partial charge in [-0.1, -0.05) is 24.6 Å². The summed E-state index contributed by atoms with van der Waals surface area (Å²) in [5.74, 6) is 0.0834. The lowest BCUT2D eigenvalue weighted by atomic mass is 9.96. The number of carbonyl (C=O) groups is 1. The van der Waals surface area contributed by atoms with Crippen LogP contribution in [0.2, 0.25) is 5.02 Å². The molecule has 224 valence electrons. The second-order valence-electron chi connectivity index (χ2n) is 10.7. The Morgan fingerprint density at radius 1 is 1.29 bits per heavy atom. The molecule has 10 nitrogen and oxygen atoms in total. The molecule has 0 aliphatic carbocycles. The number of hydrogen-bond donors (Lipinski definition) is 2. The second kappa shape index (κ2) is 11.3. The largest absolute Gasteiger partial charge is 0.416 e. The highest BCUT2D eigenvalue weighted by molar-refractivity contribution is 6.33. The second-order valence-corrected chi connectivity index (χ2v) is 11.1. The zero-order chi connectivity index (χ0) is 29.6. The molecule has 3 aromatic rings. The van der Waals surface area contributed by atoms with Crippen LogP contribution in [-0.4, -0.2) is 63.5 Å². The predicted molar refractivity (Wildman–Crippen MR) is 152 cm³/mol. The predicted octanol–water partition coefficient (Wildman–Crippen LogP) is 3.90. The maximum Gasteiger partial charge on any atom is 0.416 e. The molecule has 14 heteroatoms. The van der Waals surface area contributed by atoms with Crippen LogP contribution in [0.15, 0.2) is 29.1 Å². The van der Waals surface area contributed by atoms with Crippen molar-refractivity contribution >= 4 is 40.2 Å². The maximum atomic E-state index is 14.1. The van der Waals surface area contributed by atoms with Gasteiger partial charge in [-0.15, -0.1) is 5.10 Å². The van der Waals surface area contributed by atoms with E-state index >= 15 is 0 Å². The summed E-state index contributed by atoms with van der Waals surface area (Å²) in [4.78, 5) is 34.4. The van der Waals surface area contributed by atoms with Crippen molar-refractivity contribution in [1.29, 1.82) is 0 Å². The molecule has 3 aliphatic rings. The van der Waals surface area contributed by atoms with Crippen LogP contribution in [0, 0.1) is 0 Å². The number of aromatic nitrogens is 4. The van der Waals surface area contributed by atoms with E-state index in [0.717, 1.165) is 49.6 Å². The van der Waals surface area contributed by atoms with E-state index in [1.807, 2.05) is 13.0 Å². The fourth-order valence-corrected chi connectivity index (χ4v) is 6.47. The van der Waals surface area contributed by atoms with Crippen molar-refractivity contribution in [2.75, 3.05) is 36.5 Å². The molecule has 2 atom stereocenters. The summed E-state index contributed by atoms with van der Waals surface area (Å²) in [6.07, 6.45) is 1.19. The monoisotopic (exact) mass is 605 g/mol. The van der Waals surface area contributed by atoms with Gasteiger partial charge < -0.3 is 24.8 Å². The fourth-order valence-electron chi connectivity index (χ4n) is 6.24. The molecule has 42 heavy (non-hydrogen) atoms. The number of alkyl halides is 3. The van der Waals surface area contributed by atoms with Gasteiger partial charge in [-0.25, -0.2) is 0 Å². The zero-order valence-corrected chi connectivity index (χ0v) is 23.8. The average Bonchev–Trinajstić information content (AvgIpc) is 3.64. The standard InChI is InChI=1S/C28H31ClF3N7O3/c1-2-21-24(37-11-3-4-20-22(37)7-10-33-20)26(41)39-27(35-25(36-39)16-8-12-42-13-9-16)38(21)15-23(40)34-19-6-5-17(14-18(19)29)28(30,31)32/h5-6,8,14,20,22,33H,2-4,7,9-13,15H2,1H3,(H,34,40). The van der Waals surface area contributed by atoms with E-state index in [4.69, 9.17) is 21.3 Å². The van der Waals surface area contributed by atoms with E-state index in [1.165, 1.54) is 4.52 Å². The lowest BCUT2D eigenvalue weighted by Crippen LogP contribution is -2.51. The smallest absolute Gasteiger partial charge is 0.377 e. The van der Waals surface area contributed by atoms with Crippen LogP contribution in [0.3, 0.4) is 0 Å². The number of halogens is 4. The zero-order valence-electron chi connectivity index (χ0n) is 23.0. The Balaban J connectivity index is 1.43. The number of piperidine rings is 1. The molecule has 1 aromatic carbocycles. The minimum Gasteiger partial charge on any atom is -0.377 e. The first-order valence-electron chi connectivity index (χ1n) is 14.1. The van der Waals surface area contributed by atoms with Crippen molar-refractivity contribution in [3.8, 4) is 0 Å². The number of nitrogens with one attached hydrogen (secondary N) is 2. The molecule has 0 bridgehead atoms. The van der Waals surface area contributed by atoms with Gasteiger partial charge in [-0.3, -0.25) is 9.59 Å². The van der Waals surface area contributed by atoms with Crippen LogP contribution in [0.1, 0.15) is 49.7 Å². The molecule has 2 aromatic heterocycles. The normalized spacial score (nSPS) is 21.0. The highest BCUT2D eigenvalue weighted by Crippen LogP contribution is 2.34. The third-order valence-electron chi connectivity index (χ3n) is 8.20. The van der Waals surface area contributed by atoms with Gasteiger partial charge >= 0.3 is 6.18 Å². The Labute approximate surface area is 244 Å². The van der Waals surface area contributed by atoms with Gasteiger partial charge in [-0.05, 0) is 62.4 Å². The Hall–Kier alpha value is -3.42. The Morgan fingerprint density at radius 2 is 2.12 bits per heavy atom. The molecule has 0 spiro atoms. The quantitative estimate of drug-likeness (QED) is 0.439. The molecule has 2 unspecified atom stereocenters. The Bertz CT molecular complexity index is 1620. The highest BCUT2D eigenvalue weighted by Gasteiger charge is 2.38. The highest BCUT2D eigenvalue weighted by atomic mass is 35.5. The minimum atomic E-state index is -4.56. The number of hydrogen-bond acceptors (Lipinski definition) is 7. The molecule has 2 fully saturated rings. The van der Waals surface area contributed by atoms with Crippen LogP contribution in [0.4, 0.5) is 24.5 Å². The SMILES string of the molecule is CCc1c(N2CCCC3NCCC32)c(=O)n2nc(C3=CCOCC3)nc2n1CC(=O)Nc1ccc(C(F)(F)F)cc1Cl. The van der Waals surface area contributed by atoms with Crippen molar-refractivity contribution < 1.29 is 22.7 Å². The average molecular weight is 606 g/mol. The van der Waals surface area contributed by atoms with Crippen molar-refractivity contribution in [2.45, 2.75) is 63.8 Å². The molecule has 1 amide bonds. The van der Waals surface area contributed by atoms with Crippen molar-refractivity contribution in [3.63, 3.8) is 0 Å². The number of fused-ring (bicyclic) bond motifs is 2. The van der Waals surface area contributed by atoms with Crippen molar-refractivity contribution in [2.24, 2.45) is 0 Å². The molecule has 0 saturated carbocycles. The summed E-state index contributed by atoms with van der Waals surface area (Å²) >= 11 is 6.11. The number of rotatable bonds is 6. The fraction of sp³-hybridized carbons (Fsp3) is 0.500. The van der Waals surface area contributed by atoms with E-state index in [9.17, 15) is 22.8 Å². The first kappa shape index (κ1) is 28.7. The van der Waals surface area contributed by atoms with Crippen LogP contribution < -0.4 is 21.1 Å². The number of amides is 1. The topological polar surface area (TPSA) is 106 Å². The molecule has 5 heterocycles. The Kier molecular flexibility index (Phi) is 7.75. The van der Waals surface area contributed by atoms with E-state index < -0.39 is 17.6 Å². The minimum absolute atomic E-state index is 0.0513. The van der Waals surface area contributed by atoms with E-state index in [1.54, 1.807) is 4.57 Å². The first-order chi connectivity index (χ1) is 20.2. The number of ether oxygens (including phenoxy) is 1. The van der Waals surface area contributed by atoms with Gasteiger partial charge in [0.1, 0.15) is 12.2 Å². The summed E-state index contributed by atoms with van der Waals surface area (Å²) in [6, 6.07) is 3.19. The maximum absolute atomic E-state index is 14.1. The third kappa shape index (κ3) is 5.29. The lowest BCUT2D eigenvalue weighted by Gasteiger charge is -2.39. The summed E-state index contributed by atoms with van der Waals surface area (Å²) in [5.41, 5.74) is 0.855. The van der Waals surface area contributed by atoms with Crippen LogP contribution in [0.25, 0.3) is 11.4 Å². The van der Waals surface area contributed by atoms with Crippen LogP contribution >= 0.6 is 11.6 Å². The summed E-state index contributed by atoms with van der Waals surface area (Å²) in [6.45, 7) is 4.16. The Morgan fingerprint density at radius 3 is 2.83 bits per heavy atom. The molecule has 6 rings (SSSR count). The number of benzene rings is 1. The van der Waals surface area contributed by atoms with Crippen molar-refractivity contribution in [1.82, 2.24) is 24.5 Å². The summed E-state index contributed by atoms with van der Waals surface area (Å²) < 4.78 is 47.7. The van der Waals surface area contributed by atoms with E-state index in [2.05, 4.69) is 20.6 Å². The van der Waals surface area contributed by atoms with Crippen molar-refractivity contribution in [3.05, 3.63) is 56.7 Å². The van der Waals surface area contributed by atoms with Crippen LogP contribution in [-0.2, 0) is 28.7 Å². The third-order valence-corrected chi connectivity index (χ3v) is 8.51. The van der Waals surface area contributed by atoms with Gasteiger partial charge in [0, 0.05) is 18.6 Å². The van der Waals surface area contributed by atoms with Gasteiger partial charge in [0.25, 0.3) is 5.56 Å². The van der Waals surface area contributed by atoms with Gasteiger partial charge in [0.15, 0.2) is 5.82 Å². The van der Waals surface area contributed by atoms with E-state index in [0.29, 0.717) is 49.8 Å². The van der Waals surface area contributed by atoms with Crippen LogP contribution in [0.5, 0.6) is 0 Å². The van der Waals surface area contributed by atoms with Gasteiger partial charge in [-0.2, -0.15) is 22.7 Å². The van der Waals surface area contributed by atoms with Gasteiger partial charge in [0.05, 0.1) is 35.2 Å². The molecular formula is C28H31ClF3N7O3. The number of anilines is 2. The summed E-state index contributed by atoms with van der Waals surface area (Å²) in [7, 11) is 0. The molecule has 2 saturated heterocycles. The number of carbonyl (C=O) groups excluding carboxylic acids is 1. The summed E-state index contributed by atoms with van der Waals surface area (Å²) in [5, 5.41) is 10.5. The van der Waals surface area contributed by atoms with Gasteiger partial charge in [0.2, 0.25) is 11.7 Å². The molecule has 2 N–H and O–H groups in total.